The normalized spacial score (nSPS) is 12.5. The minimum atomic E-state index is -0.181. The highest BCUT2D eigenvalue weighted by Gasteiger charge is 2.11. The SMILES string of the molecule is COc1ccc(C(N)c2ccc(C(C)C)cc2)cc1Cl. The first-order valence-electron chi connectivity index (χ1n) is 6.71. The molecule has 0 aliphatic heterocycles. The van der Waals surface area contributed by atoms with Crippen molar-refractivity contribution < 1.29 is 4.74 Å². The molecule has 1 atom stereocenters. The summed E-state index contributed by atoms with van der Waals surface area (Å²) in [5, 5.41) is 0.583. The molecule has 20 heavy (non-hydrogen) atoms. The number of methoxy groups -OCH3 is 1. The number of benzene rings is 2. The van der Waals surface area contributed by atoms with Crippen LogP contribution < -0.4 is 10.5 Å². The van der Waals surface area contributed by atoms with Gasteiger partial charge in [0, 0.05) is 0 Å². The molecule has 2 aromatic rings. The fourth-order valence-corrected chi connectivity index (χ4v) is 2.42. The molecule has 0 bridgehead atoms. The van der Waals surface area contributed by atoms with E-state index in [0.717, 1.165) is 11.1 Å². The summed E-state index contributed by atoms with van der Waals surface area (Å²) < 4.78 is 5.15. The van der Waals surface area contributed by atoms with Crippen molar-refractivity contribution in [3.8, 4) is 5.75 Å². The number of rotatable bonds is 4. The highest BCUT2D eigenvalue weighted by molar-refractivity contribution is 6.32. The van der Waals surface area contributed by atoms with E-state index in [9.17, 15) is 0 Å². The van der Waals surface area contributed by atoms with Gasteiger partial charge in [-0.15, -0.1) is 0 Å². The first kappa shape index (κ1) is 14.9. The molecule has 2 nitrogen and oxygen atoms in total. The molecule has 0 aromatic heterocycles. The van der Waals surface area contributed by atoms with Crippen LogP contribution in [0.5, 0.6) is 5.75 Å². The van der Waals surface area contributed by atoms with Crippen LogP contribution in [0.3, 0.4) is 0 Å². The van der Waals surface area contributed by atoms with Gasteiger partial charge < -0.3 is 10.5 Å². The van der Waals surface area contributed by atoms with Gasteiger partial charge in [0.2, 0.25) is 0 Å². The first-order chi connectivity index (χ1) is 9.52. The van der Waals surface area contributed by atoms with Gasteiger partial charge in [-0.25, -0.2) is 0 Å². The molecule has 0 amide bonds. The van der Waals surface area contributed by atoms with Crippen molar-refractivity contribution in [2.45, 2.75) is 25.8 Å². The predicted molar refractivity (Wildman–Crippen MR) is 84.6 cm³/mol. The molecule has 0 radical (unpaired) electrons. The summed E-state index contributed by atoms with van der Waals surface area (Å²) in [5.74, 6) is 1.19. The molecule has 0 spiro atoms. The molecule has 0 fully saturated rings. The third-order valence-electron chi connectivity index (χ3n) is 3.50. The molecule has 3 heteroatoms. The zero-order valence-electron chi connectivity index (χ0n) is 12.1. The van der Waals surface area contributed by atoms with E-state index in [2.05, 4.69) is 38.1 Å². The van der Waals surface area contributed by atoms with E-state index < -0.39 is 0 Å². The van der Waals surface area contributed by atoms with E-state index in [1.165, 1.54) is 5.56 Å². The zero-order chi connectivity index (χ0) is 14.7. The standard InChI is InChI=1S/C17H20ClNO/c1-11(2)12-4-6-13(7-5-12)17(19)14-8-9-16(20-3)15(18)10-14/h4-11,17H,19H2,1-3H3. The minimum absolute atomic E-state index is 0.181. The monoisotopic (exact) mass is 289 g/mol. The van der Waals surface area contributed by atoms with Crippen LogP contribution in [0.4, 0.5) is 0 Å². The summed E-state index contributed by atoms with van der Waals surface area (Å²) in [6.07, 6.45) is 0. The van der Waals surface area contributed by atoms with Gasteiger partial charge in [0.15, 0.2) is 0 Å². The van der Waals surface area contributed by atoms with E-state index in [0.29, 0.717) is 16.7 Å². The summed E-state index contributed by atoms with van der Waals surface area (Å²) in [6, 6.07) is 13.9. The highest BCUT2D eigenvalue weighted by Crippen LogP contribution is 2.29. The second-order valence-corrected chi connectivity index (χ2v) is 5.60. The Morgan fingerprint density at radius 1 is 0.950 bits per heavy atom. The van der Waals surface area contributed by atoms with Gasteiger partial charge in [0.1, 0.15) is 5.75 Å². The average molecular weight is 290 g/mol. The fourth-order valence-electron chi connectivity index (χ4n) is 2.16. The number of ether oxygens (including phenoxy) is 1. The number of halogens is 1. The van der Waals surface area contributed by atoms with E-state index in [1.807, 2.05) is 18.2 Å². The van der Waals surface area contributed by atoms with Crippen LogP contribution in [0.25, 0.3) is 0 Å². The summed E-state index contributed by atoms with van der Waals surface area (Å²) in [6.45, 7) is 4.36. The van der Waals surface area contributed by atoms with Crippen LogP contribution in [0.15, 0.2) is 42.5 Å². The molecule has 106 valence electrons. The molecule has 0 aliphatic rings. The van der Waals surface area contributed by atoms with Crippen molar-refractivity contribution in [2.24, 2.45) is 5.73 Å². The van der Waals surface area contributed by atoms with E-state index in [4.69, 9.17) is 22.1 Å². The van der Waals surface area contributed by atoms with E-state index in [-0.39, 0.29) is 6.04 Å². The lowest BCUT2D eigenvalue weighted by Gasteiger charge is -2.15. The first-order valence-corrected chi connectivity index (χ1v) is 7.09. The summed E-state index contributed by atoms with van der Waals surface area (Å²) in [7, 11) is 1.60. The topological polar surface area (TPSA) is 35.2 Å². The lowest BCUT2D eigenvalue weighted by atomic mass is 9.96. The number of hydrogen-bond acceptors (Lipinski definition) is 2. The van der Waals surface area contributed by atoms with Crippen LogP contribution >= 0.6 is 11.6 Å². The van der Waals surface area contributed by atoms with Gasteiger partial charge in [-0.1, -0.05) is 55.8 Å². The van der Waals surface area contributed by atoms with Crippen LogP contribution in [0.1, 0.15) is 42.5 Å². The maximum absolute atomic E-state index is 6.30. The molecule has 0 saturated heterocycles. The molecule has 1 unspecified atom stereocenters. The van der Waals surface area contributed by atoms with Gasteiger partial charge in [-0.3, -0.25) is 0 Å². The third-order valence-corrected chi connectivity index (χ3v) is 3.79. The Labute approximate surface area is 125 Å². The van der Waals surface area contributed by atoms with E-state index >= 15 is 0 Å². The van der Waals surface area contributed by atoms with E-state index in [1.54, 1.807) is 7.11 Å². The molecule has 2 aromatic carbocycles. The summed E-state index contributed by atoms with van der Waals surface area (Å²) in [4.78, 5) is 0. The molecule has 0 saturated carbocycles. The maximum atomic E-state index is 6.30. The van der Waals surface area contributed by atoms with Gasteiger partial charge in [-0.2, -0.15) is 0 Å². The Morgan fingerprint density at radius 3 is 2.00 bits per heavy atom. The van der Waals surface area contributed by atoms with Gasteiger partial charge in [0.05, 0.1) is 18.2 Å². The minimum Gasteiger partial charge on any atom is -0.495 e. The van der Waals surface area contributed by atoms with Crippen LogP contribution in [-0.4, -0.2) is 7.11 Å². The highest BCUT2D eigenvalue weighted by atomic mass is 35.5. The van der Waals surface area contributed by atoms with Crippen molar-refractivity contribution >= 4 is 11.6 Å². The Balaban J connectivity index is 2.26. The molecular weight excluding hydrogens is 270 g/mol. The summed E-state index contributed by atoms with van der Waals surface area (Å²) in [5.41, 5.74) is 9.68. The van der Waals surface area contributed by atoms with Gasteiger partial charge in [-0.05, 0) is 34.7 Å². The molecule has 0 heterocycles. The predicted octanol–water partition coefficient (Wildman–Crippen LogP) is 4.52. The Kier molecular flexibility index (Phi) is 4.69. The second-order valence-electron chi connectivity index (χ2n) is 5.19. The third kappa shape index (κ3) is 3.14. The number of nitrogens with two attached hydrogens (primary N) is 1. The smallest absolute Gasteiger partial charge is 0.137 e. The maximum Gasteiger partial charge on any atom is 0.137 e. The Morgan fingerprint density at radius 2 is 1.50 bits per heavy atom. The van der Waals surface area contributed by atoms with Gasteiger partial charge >= 0.3 is 0 Å². The largest absolute Gasteiger partial charge is 0.495 e. The fraction of sp³-hybridized carbons (Fsp3) is 0.294. The molecular formula is C17H20ClNO. The van der Waals surface area contributed by atoms with Gasteiger partial charge in [0.25, 0.3) is 0 Å². The van der Waals surface area contributed by atoms with Crippen molar-refractivity contribution in [1.82, 2.24) is 0 Å². The number of hydrogen-bond donors (Lipinski definition) is 1. The Hall–Kier alpha value is -1.51. The van der Waals surface area contributed by atoms with Crippen molar-refractivity contribution in [1.29, 1.82) is 0 Å². The lowest BCUT2D eigenvalue weighted by molar-refractivity contribution is 0.415. The Bertz CT molecular complexity index is 578. The quantitative estimate of drug-likeness (QED) is 0.898. The van der Waals surface area contributed by atoms with Crippen LogP contribution in [0, 0.1) is 0 Å². The second kappa shape index (κ2) is 6.29. The molecule has 0 aliphatic carbocycles. The van der Waals surface area contributed by atoms with Crippen LogP contribution in [0.2, 0.25) is 5.02 Å². The van der Waals surface area contributed by atoms with Crippen molar-refractivity contribution in [2.75, 3.05) is 7.11 Å². The average Bonchev–Trinajstić information content (AvgIpc) is 2.46. The van der Waals surface area contributed by atoms with Crippen molar-refractivity contribution in [3.05, 3.63) is 64.2 Å². The summed E-state index contributed by atoms with van der Waals surface area (Å²) >= 11 is 6.15. The molecule has 2 rings (SSSR count). The lowest BCUT2D eigenvalue weighted by Crippen LogP contribution is -2.12. The molecule has 2 N–H and O–H groups in total. The van der Waals surface area contributed by atoms with Crippen molar-refractivity contribution in [3.63, 3.8) is 0 Å². The zero-order valence-corrected chi connectivity index (χ0v) is 12.8. The van der Waals surface area contributed by atoms with Crippen LogP contribution in [-0.2, 0) is 0 Å².